The molecule has 0 spiro atoms. The Bertz CT molecular complexity index is 812. The number of halogens is 1. The van der Waals surface area contributed by atoms with E-state index in [1.54, 1.807) is 48.4 Å². The SMILES string of the molecule is CCN(CC(=O)NC(=O)Nc1ccc(OC)cc1)Cc1ccc(OC)c(F)c1. The van der Waals surface area contributed by atoms with Crippen molar-refractivity contribution in [3.8, 4) is 11.5 Å². The number of hydrogen-bond acceptors (Lipinski definition) is 5. The van der Waals surface area contributed by atoms with Gasteiger partial charge in [-0.2, -0.15) is 0 Å². The number of methoxy groups -OCH3 is 2. The minimum atomic E-state index is -0.623. The van der Waals surface area contributed by atoms with Crippen LogP contribution >= 0.6 is 0 Å². The summed E-state index contributed by atoms with van der Waals surface area (Å²) >= 11 is 0. The molecule has 0 bridgehead atoms. The number of rotatable bonds is 8. The van der Waals surface area contributed by atoms with Gasteiger partial charge in [-0.15, -0.1) is 0 Å². The van der Waals surface area contributed by atoms with Crippen LogP contribution < -0.4 is 20.1 Å². The zero-order valence-corrected chi connectivity index (χ0v) is 16.1. The quantitative estimate of drug-likeness (QED) is 0.726. The van der Waals surface area contributed by atoms with E-state index in [4.69, 9.17) is 9.47 Å². The summed E-state index contributed by atoms with van der Waals surface area (Å²) in [6, 6.07) is 10.8. The van der Waals surface area contributed by atoms with Crippen molar-refractivity contribution in [3.63, 3.8) is 0 Å². The maximum atomic E-state index is 13.8. The van der Waals surface area contributed by atoms with Crippen molar-refractivity contribution in [1.82, 2.24) is 10.2 Å². The summed E-state index contributed by atoms with van der Waals surface area (Å²) < 4.78 is 23.8. The summed E-state index contributed by atoms with van der Waals surface area (Å²) in [6.45, 7) is 2.80. The molecule has 3 amide bonds. The molecule has 0 atom stereocenters. The topological polar surface area (TPSA) is 79.9 Å². The number of imide groups is 1. The van der Waals surface area contributed by atoms with Crippen molar-refractivity contribution in [2.24, 2.45) is 0 Å². The first-order valence-electron chi connectivity index (χ1n) is 8.74. The van der Waals surface area contributed by atoms with Crippen molar-refractivity contribution in [2.45, 2.75) is 13.5 Å². The number of hydrogen-bond donors (Lipinski definition) is 2. The second-order valence-corrected chi connectivity index (χ2v) is 6.00. The minimum absolute atomic E-state index is 0.000179. The highest BCUT2D eigenvalue weighted by Gasteiger charge is 2.14. The molecule has 0 aliphatic rings. The van der Waals surface area contributed by atoms with Crippen LogP contribution in [0.1, 0.15) is 12.5 Å². The number of nitrogens with zero attached hydrogens (tertiary/aromatic N) is 1. The van der Waals surface area contributed by atoms with Crippen molar-refractivity contribution in [2.75, 3.05) is 32.6 Å². The number of carbonyl (C=O) groups excluding carboxylic acids is 2. The fourth-order valence-electron chi connectivity index (χ4n) is 2.55. The first kappa shape index (κ1) is 21.2. The lowest BCUT2D eigenvalue weighted by atomic mass is 10.2. The van der Waals surface area contributed by atoms with E-state index in [2.05, 4.69) is 10.6 Å². The Hall–Kier alpha value is -3.13. The van der Waals surface area contributed by atoms with Crippen molar-refractivity contribution in [1.29, 1.82) is 0 Å². The predicted octanol–water partition coefficient (Wildman–Crippen LogP) is 3.01. The molecule has 0 heterocycles. The number of nitrogens with one attached hydrogen (secondary N) is 2. The van der Waals surface area contributed by atoms with Gasteiger partial charge in [-0.3, -0.25) is 15.0 Å². The smallest absolute Gasteiger partial charge is 0.325 e. The molecule has 2 aromatic rings. The lowest BCUT2D eigenvalue weighted by molar-refractivity contribution is -0.121. The van der Waals surface area contributed by atoms with Gasteiger partial charge in [-0.05, 0) is 48.5 Å². The fraction of sp³-hybridized carbons (Fsp3) is 0.300. The van der Waals surface area contributed by atoms with Crippen LogP contribution in [-0.4, -0.2) is 44.1 Å². The molecule has 0 saturated carbocycles. The molecule has 8 heteroatoms. The van der Waals surface area contributed by atoms with Gasteiger partial charge in [0, 0.05) is 12.2 Å². The van der Waals surface area contributed by atoms with Crippen LogP contribution in [0.15, 0.2) is 42.5 Å². The van der Waals surface area contributed by atoms with Gasteiger partial charge in [-0.25, -0.2) is 9.18 Å². The van der Waals surface area contributed by atoms with Gasteiger partial charge >= 0.3 is 6.03 Å². The number of ether oxygens (including phenoxy) is 2. The van der Waals surface area contributed by atoms with Crippen LogP contribution in [0, 0.1) is 5.82 Å². The first-order valence-corrected chi connectivity index (χ1v) is 8.74. The second kappa shape index (κ2) is 10.3. The Kier molecular flexibility index (Phi) is 7.76. The molecule has 0 aromatic heterocycles. The number of amides is 3. The second-order valence-electron chi connectivity index (χ2n) is 6.00. The van der Waals surface area contributed by atoms with E-state index >= 15 is 0 Å². The Morgan fingerprint density at radius 1 is 1.07 bits per heavy atom. The minimum Gasteiger partial charge on any atom is -0.497 e. The molecule has 150 valence electrons. The summed E-state index contributed by atoms with van der Waals surface area (Å²) in [5, 5.41) is 4.86. The summed E-state index contributed by atoms with van der Waals surface area (Å²) in [6.07, 6.45) is 0. The number of urea groups is 1. The Morgan fingerprint density at radius 3 is 2.36 bits per heavy atom. The third-order valence-electron chi connectivity index (χ3n) is 4.04. The largest absolute Gasteiger partial charge is 0.497 e. The summed E-state index contributed by atoms with van der Waals surface area (Å²) in [7, 11) is 2.95. The molecular formula is C20H24FN3O4. The van der Waals surface area contributed by atoms with E-state index in [0.29, 0.717) is 30.1 Å². The Balaban J connectivity index is 1.86. The molecule has 0 unspecified atom stereocenters. The molecular weight excluding hydrogens is 365 g/mol. The van der Waals surface area contributed by atoms with E-state index in [1.807, 2.05) is 6.92 Å². The van der Waals surface area contributed by atoms with Crippen LogP contribution in [0.2, 0.25) is 0 Å². The van der Waals surface area contributed by atoms with Crippen LogP contribution in [-0.2, 0) is 11.3 Å². The summed E-state index contributed by atoms with van der Waals surface area (Å²) in [5.41, 5.74) is 1.24. The van der Waals surface area contributed by atoms with Crippen molar-refractivity contribution >= 4 is 17.6 Å². The molecule has 0 saturated heterocycles. The molecule has 0 aliphatic heterocycles. The molecule has 28 heavy (non-hydrogen) atoms. The van der Waals surface area contributed by atoms with Crippen LogP contribution in [0.4, 0.5) is 14.9 Å². The molecule has 0 aliphatic carbocycles. The first-order chi connectivity index (χ1) is 13.4. The Labute approximate surface area is 163 Å². The van der Waals surface area contributed by atoms with Crippen LogP contribution in [0.3, 0.4) is 0 Å². The average Bonchev–Trinajstić information content (AvgIpc) is 2.68. The molecule has 0 fully saturated rings. The van der Waals surface area contributed by atoms with E-state index in [1.165, 1.54) is 13.2 Å². The molecule has 2 N–H and O–H groups in total. The number of carbonyl (C=O) groups is 2. The van der Waals surface area contributed by atoms with E-state index < -0.39 is 17.8 Å². The van der Waals surface area contributed by atoms with Crippen molar-refractivity contribution < 1.29 is 23.5 Å². The highest BCUT2D eigenvalue weighted by atomic mass is 19.1. The molecule has 0 radical (unpaired) electrons. The normalized spacial score (nSPS) is 10.5. The van der Waals surface area contributed by atoms with E-state index in [-0.39, 0.29) is 12.3 Å². The molecule has 2 aromatic carbocycles. The van der Waals surface area contributed by atoms with Gasteiger partial charge in [0.25, 0.3) is 0 Å². The highest BCUT2D eigenvalue weighted by Crippen LogP contribution is 2.18. The fourth-order valence-corrected chi connectivity index (χ4v) is 2.55. The standard InChI is InChI=1S/C20H24FN3O4/c1-4-24(12-14-5-10-18(28-3)17(21)11-14)13-19(25)23-20(26)22-15-6-8-16(27-2)9-7-15/h5-11H,4,12-13H2,1-3H3,(H2,22,23,25,26). The van der Waals surface area contributed by atoms with Gasteiger partial charge in [0.05, 0.1) is 20.8 Å². The summed E-state index contributed by atoms with van der Waals surface area (Å²) in [5.74, 6) is -0.0865. The Morgan fingerprint density at radius 2 is 1.79 bits per heavy atom. The number of benzene rings is 2. The lowest BCUT2D eigenvalue weighted by Crippen LogP contribution is -2.41. The zero-order chi connectivity index (χ0) is 20.5. The zero-order valence-electron chi connectivity index (χ0n) is 16.1. The third kappa shape index (κ3) is 6.24. The van der Waals surface area contributed by atoms with Gasteiger partial charge in [0.15, 0.2) is 11.6 Å². The number of likely N-dealkylation sites (N-methyl/N-ethyl adjacent to an activating group) is 1. The van der Waals surface area contributed by atoms with Gasteiger partial charge < -0.3 is 14.8 Å². The average molecular weight is 389 g/mol. The van der Waals surface area contributed by atoms with E-state index in [0.717, 1.165) is 0 Å². The van der Waals surface area contributed by atoms with Gasteiger partial charge in [-0.1, -0.05) is 13.0 Å². The lowest BCUT2D eigenvalue weighted by Gasteiger charge is -2.20. The maximum Gasteiger partial charge on any atom is 0.325 e. The van der Waals surface area contributed by atoms with Crippen LogP contribution in [0.5, 0.6) is 11.5 Å². The van der Waals surface area contributed by atoms with Crippen molar-refractivity contribution in [3.05, 3.63) is 53.8 Å². The predicted molar refractivity (Wildman–Crippen MR) is 104 cm³/mol. The van der Waals surface area contributed by atoms with Gasteiger partial charge in [0.1, 0.15) is 5.75 Å². The number of anilines is 1. The molecule has 7 nitrogen and oxygen atoms in total. The molecule has 2 rings (SSSR count). The third-order valence-corrected chi connectivity index (χ3v) is 4.04. The van der Waals surface area contributed by atoms with E-state index in [9.17, 15) is 14.0 Å². The summed E-state index contributed by atoms with van der Waals surface area (Å²) in [4.78, 5) is 25.9. The monoisotopic (exact) mass is 389 g/mol. The van der Waals surface area contributed by atoms with Gasteiger partial charge in [0.2, 0.25) is 5.91 Å². The maximum absolute atomic E-state index is 13.8. The highest BCUT2D eigenvalue weighted by molar-refractivity contribution is 6.01. The van der Waals surface area contributed by atoms with Crippen LogP contribution in [0.25, 0.3) is 0 Å².